The van der Waals surface area contributed by atoms with E-state index in [9.17, 15) is 0 Å². The molecular weight excluding hydrogens is 144 g/mol. The molecule has 0 aliphatic heterocycles. The summed E-state index contributed by atoms with van der Waals surface area (Å²) < 4.78 is 0. The molecule has 0 heterocycles. The van der Waals surface area contributed by atoms with Crippen molar-refractivity contribution in [2.75, 3.05) is 0 Å². The zero-order valence-corrected chi connectivity index (χ0v) is 9.35. The first-order chi connectivity index (χ1) is 5.65. The summed E-state index contributed by atoms with van der Waals surface area (Å²) in [6, 6.07) is 0. The second-order valence-corrected chi connectivity index (χ2v) is 3.82. The molecule has 0 radical (unpaired) electrons. The van der Waals surface area contributed by atoms with E-state index in [2.05, 4.69) is 40.7 Å². The summed E-state index contributed by atoms with van der Waals surface area (Å²) >= 11 is 0. The van der Waals surface area contributed by atoms with E-state index < -0.39 is 0 Å². The molecule has 0 rings (SSSR count). The molecule has 0 N–H and O–H groups in total. The predicted octanol–water partition coefficient (Wildman–Crippen LogP) is 4.42. The third kappa shape index (κ3) is 3.94. The second kappa shape index (κ2) is 6.28. The summed E-state index contributed by atoms with van der Waals surface area (Å²) in [7, 11) is 0. The number of rotatable bonds is 5. The summed E-state index contributed by atoms with van der Waals surface area (Å²) in [6.07, 6.45) is 6.25. The van der Waals surface area contributed by atoms with E-state index in [1.165, 1.54) is 19.3 Å². The third-order valence-electron chi connectivity index (χ3n) is 2.90. The van der Waals surface area contributed by atoms with Crippen molar-refractivity contribution in [2.45, 2.75) is 53.9 Å². The zero-order chi connectivity index (χ0) is 9.56. The minimum Gasteiger partial charge on any atom is -0.0822 e. The van der Waals surface area contributed by atoms with E-state index in [4.69, 9.17) is 0 Å². The Bertz CT molecular complexity index is 133. The molecule has 2 atom stereocenters. The fourth-order valence-electron chi connectivity index (χ4n) is 1.47. The van der Waals surface area contributed by atoms with Gasteiger partial charge in [0.05, 0.1) is 0 Å². The zero-order valence-electron chi connectivity index (χ0n) is 9.35. The van der Waals surface area contributed by atoms with Gasteiger partial charge in [-0.25, -0.2) is 0 Å². The highest BCUT2D eigenvalue weighted by molar-refractivity contribution is 5.00. The lowest BCUT2D eigenvalue weighted by Crippen LogP contribution is -2.07. The summed E-state index contributed by atoms with van der Waals surface area (Å²) in [4.78, 5) is 0. The molecule has 72 valence electrons. The Morgan fingerprint density at radius 3 is 2.08 bits per heavy atom. The maximum absolute atomic E-state index is 2.47. The maximum atomic E-state index is 2.47. The van der Waals surface area contributed by atoms with Crippen LogP contribution in [0, 0.1) is 11.8 Å². The van der Waals surface area contributed by atoms with Crippen molar-refractivity contribution >= 4 is 0 Å². The molecule has 0 bridgehead atoms. The number of allylic oxidation sites excluding steroid dienone is 2. The van der Waals surface area contributed by atoms with E-state index in [0.29, 0.717) is 0 Å². The summed E-state index contributed by atoms with van der Waals surface area (Å²) in [5, 5.41) is 0. The SMILES string of the molecule is CCC(C)=CC(CC)C(C)CC. The Hall–Kier alpha value is -0.260. The lowest BCUT2D eigenvalue weighted by atomic mass is 9.88. The van der Waals surface area contributed by atoms with Crippen LogP contribution in [0.1, 0.15) is 53.9 Å². The van der Waals surface area contributed by atoms with Gasteiger partial charge in [0, 0.05) is 0 Å². The van der Waals surface area contributed by atoms with Gasteiger partial charge in [-0.1, -0.05) is 45.8 Å². The van der Waals surface area contributed by atoms with Crippen LogP contribution in [0.3, 0.4) is 0 Å². The maximum Gasteiger partial charge on any atom is -0.0208 e. The topological polar surface area (TPSA) is 0 Å². The van der Waals surface area contributed by atoms with Gasteiger partial charge in [0.1, 0.15) is 0 Å². The Morgan fingerprint density at radius 1 is 1.17 bits per heavy atom. The lowest BCUT2D eigenvalue weighted by Gasteiger charge is -2.18. The first kappa shape index (κ1) is 11.7. The molecule has 0 aliphatic carbocycles. The van der Waals surface area contributed by atoms with Crippen molar-refractivity contribution in [1.82, 2.24) is 0 Å². The number of hydrogen-bond acceptors (Lipinski definition) is 0. The van der Waals surface area contributed by atoms with Crippen molar-refractivity contribution in [2.24, 2.45) is 11.8 Å². The van der Waals surface area contributed by atoms with Crippen LogP contribution in [0.15, 0.2) is 11.6 Å². The lowest BCUT2D eigenvalue weighted by molar-refractivity contribution is 0.404. The van der Waals surface area contributed by atoms with Crippen LogP contribution < -0.4 is 0 Å². The Labute approximate surface area is 78.1 Å². The van der Waals surface area contributed by atoms with Gasteiger partial charge >= 0.3 is 0 Å². The fraction of sp³-hybridized carbons (Fsp3) is 0.833. The van der Waals surface area contributed by atoms with Gasteiger partial charge in [-0.3, -0.25) is 0 Å². The van der Waals surface area contributed by atoms with Crippen molar-refractivity contribution in [3.8, 4) is 0 Å². The Balaban J connectivity index is 4.15. The van der Waals surface area contributed by atoms with Crippen LogP contribution in [0.2, 0.25) is 0 Å². The van der Waals surface area contributed by atoms with Crippen molar-refractivity contribution in [3.63, 3.8) is 0 Å². The first-order valence-corrected chi connectivity index (χ1v) is 5.32. The smallest absolute Gasteiger partial charge is 0.0208 e. The first-order valence-electron chi connectivity index (χ1n) is 5.32. The van der Waals surface area contributed by atoms with Crippen LogP contribution in [-0.2, 0) is 0 Å². The van der Waals surface area contributed by atoms with E-state index in [1.807, 2.05) is 0 Å². The van der Waals surface area contributed by atoms with Crippen LogP contribution in [-0.4, -0.2) is 0 Å². The highest BCUT2D eigenvalue weighted by Gasteiger charge is 2.10. The van der Waals surface area contributed by atoms with Gasteiger partial charge in [-0.15, -0.1) is 0 Å². The van der Waals surface area contributed by atoms with Crippen LogP contribution in [0.5, 0.6) is 0 Å². The average molecular weight is 168 g/mol. The second-order valence-electron chi connectivity index (χ2n) is 3.82. The molecular formula is C12H24. The summed E-state index contributed by atoms with van der Waals surface area (Å²) in [5.41, 5.74) is 1.54. The van der Waals surface area contributed by atoms with Gasteiger partial charge in [0.15, 0.2) is 0 Å². The molecule has 0 saturated carbocycles. The van der Waals surface area contributed by atoms with Crippen LogP contribution in [0.25, 0.3) is 0 Å². The molecule has 2 unspecified atom stereocenters. The van der Waals surface area contributed by atoms with Gasteiger partial charge in [-0.05, 0) is 31.6 Å². The average Bonchev–Trinajstić information content (AvgIpc) is 2.12. The van der Waals surface area contributed by atoms with E-state index >= 15 is 0 Å². The molecule has 0 aromatic carbocycles. The largest absolute Gasteiger partial charge is 0.0822 e. The molecule has 0 nitrogen and oxygen atoms in total. The predicted molar refractivity (Wildman–Crippen MR) is 57.3 cm³/mol. The van der Waals surface area contributed by atoms with E-state index in [1.54, 1.807) is 5.57 Å². The van der Waals surface area contributed by atoms with E-state index in [0.717, 1.165) is 11.8 Å². The highest BCUT2D eigenvalue weighted by Crippen LogP contribution is 2.21. The van der Waals surface area contributed by atoms with E-state index in [-0.39, 0.29) is 0 Å². The minimum atomic E-state index is 0.801. The molecule has 0 saturated heterocycles. The molecule has 0 fully saturated rings. The summed E-state index contributed by atoms with van der Waals surface area (Å²) in [6.45, 7) is 11.4. The van der Waals surface area contributed by atoms with Gasteiger partial charge in [-0.2, -0.15) is 0 Å². The molecule has 12 heavy (non-hydrogen) atoms. The molecule has 0 spiro atoms. The highest BCUT2D eigenvalue weighted by atomic mass is 14.2. The van der Waals surface area contributed by atoms with Crippen molar-refractivity contribution in [3.05, 3.63) is 11.6 Å². The van der Waals surface area contributed by atoms with Gasteiger partial charge in [0.25, 0.3) is 0 Å². The molecule has 0 heteroatoms. The Morgan fingerprint density at radius 2 is 1.75 bits per heavy atom. The molecule has 0 aromatic heterocycles. The Kier molecular flexibility index (Phi) is 6.14. The number of hydrogen-bond donors (Lipinski definition) is 0. The van der Waals surface area contributed by atoms with Crippen molar-refractivity contribution in [1.29, 1.82) is 0 Å². The fourth-order valence-corrected chi connectivity index (χ4v) is 1.47. The summed E-state index contributed by atoms with van der Waals surface area (Å²) in [5.74, 6) is 1.64. The van der Waals surface area contributed by atoms with Gasteiger partial charge < -0.3 is 0 Å². The minimum absolute atomic E-state index is 0.801. The normalized spacial score (nSPS) is 17.6. The molecule has 0 amide bonds. The van der Waals surface area contributed by atoms with Crippen molar-refractivity contribution < 1.29 is 0 Å². The third-order valence-corrected chi connectivity index (χ3v) is 2.90. The molecule has 0 aliphatic rings. The van der Waals surface area contributed by atoms with Crippen LogP contribution >= 0.6 is 0 Å². The standard InChI is InChI=1S/C12H24/c1-6-10(4)9-12(8-3)11(5)7-2/h9,11-12H,6-8H2,1-5H3. The quantitative estimate of drug-likeness (QED) is 0.533. The van der Waals surface area contributed by atoms with Crippen LogP contribution in [0.4, 0.5) is 0 Å². The molecule has 0 aromatic rings. The van der Waals surface area contributed by atoms with Gasteiger partial charge in [0.2, 0.25) is 0 Å². The monoisotopic (exact) mass is 168 g/mol.